The summed E-state index contributed by atoms with van der Waals surface area (Å²) in [5, 5.41) is 12.6. The van der Waals surface area contributed by atoms with Gasteiger partial charge in [0.05, 0.1) is 21.3 Å². The van der Waals surface area contributed by atoms with E-state index in [0.29, 0.717) is 34.9 Å². The number of para-hydroxylation sites is 1. The van der Waals surface area contributed by atoms with Crippen LogP contribution in [-0.4, -0.2) is 50.1 Å². The first-order valence-corrected chi connectivity index (χ1v) is 36.6. The fourth-order valence-electron chi connectivity index (χ4n) is 13.8. The molecule has 0 aliphatic carbocycles. The van der Waals surface area contributed by atoms with Crippen molar-refractivity contribution in [3.8, 4) is 135 Å². The van der Waals surface area contributed by atoms with E-state index < -0.39 is 0 Å². The van der Waals surface area contributed by atoms with Gasteiger partial charge < -0.3 is 0 Å². The zero-order valence-corrected chi connectivity index (χ0v) is 58.4. The second-order valence-corrected chi connectivity index (χ2v) is 28.0. The van der Waals surface area contributed by atoms with Gasteiger partial charge in [-0.2, -0.15) is 0 Å². The second kappa shape index (κ2) is 27.5. The smallest absolute Gasteiger partial charge is 0.164 e. The molecule has 0 saturated carbocycles. The molecule has 0 atom stereocenters. The molecule has 14 aromatic carbocycles. The van der Waals surface area contributed by atoms with Crippen LogP contribution in [0.15, 0.2) is 352 Å². The number of aromatic nitrogens is 10. The van der Waals surface area contributed by atoms with Gasteiger partial charge in [-0.1, -0.05) is 297 Å². The Morgan fingerprint density at radius 3 is 1.06 bits per heavy atom. The van der Waals surface area contributed by atoms with E-state index in [1.807, 2.05) is 84.9 Å². The first-order valence-electron chi connectivity index (χ1n) is 35.0. The van der Waals surface area contributed by atoms with E-state index in [1.54, 1.807) is 22.7 Å². The lowest BCUT2D eigenvalue weighted by atomic mass is 9.97. The van der Waals surface area contributed by atoms with Gasteiger partial charge in [-0.15, -0.1) is 32.9 Å². The Bertz CT molecular complexity index is 6690. The monoisotopic (exact) mass is 1390 g/mol. The molecule has 0 N–H and O–H groups in total. The molecule has 10 nitrogen and oxygen atoms in total. The molecule has 6 aromatic heterocycles. The largest absolute Gasteiger partial charge is 0.243 e. The minimum absolute atomic E-state index is 0.621. The summed E-state index contributed by atoms with van der Waals surface area (Å²) >= 11 is 3.46. The summed E-state index contributed by atoms with van der Waals surface area (Å²) in [7, 11) is 0. The summed E-state index contributed by atoms with van der Waals surface area (Å²) in [5.74, 6) is 3.78. The molecular formula is C94H58N10S2. The molecule has 20 rings (SSSR count). The third-order valence-electron chi connectivity index (χ3n) is 19.2. The third-order valence-corrected chi connectivity index (χ3v) is 21.4. The second-order valence-electron chi connectivity index (χ2n) is 25.9. The van der Waals surface area contributed by atoms with E-state index in [9.17, 15) is 0 Å². The third kappa shape index (κ3) is 12.4. The van der Waals surface area contributed by atoms with Crippen molar-refractivity contribution >= 4 is 85.3 Å². The van der Waals surface area contributed by atoms with Crippen molar-refractivity contribution in [2.24, 2.45) is 0 Å². The van der Waals surface area contributed by atoms with Gasteiger partial charge in [0.25, 0.3) is 0 Å². The molecule has 6 heterocycles. The molecule has 0 aliphatic heterocycles. The van der Waals surface area contributed by atoms with Crippen molar-refractivity contribution in [2.45, 2.75) is 0 Å². The lowest BCUT2D eigenvalue weighted by molar-refractivity contribution is 1.07. The van der Waals surface area contributed by atoms with Gasteiger partial charge in [0.15, 0.2) is 34.9 Å². The van der Waals surface area contributed by atoms with E-state index in [4.69, 9.17) is 39.9 Å². The number of benzene rings is 14. The normalized spacial score (nSPS) is 11.4. The Morgan fingerprint density at radius 1 is 0.179 bits per heavy atom. The minimum atomic E-state index is 0.621. The van der Waals surface area contributed by atoms with Crippen LogP contribution in [0.3, 0.4) is 0 Å². The molecule has 0 radical (unpaired) electrons. The van der Waals surface area contributed by atoms with Crippen molar-refractivity contribution in [3.63, 3.8) is 0 Å². The van der Waals surface area contributed by atoms with Crippen molar-refractivity contribution in [3.05, 3.63) is 352 Å². The number of thiophene rings is 2. The highest BCUT2D eigenvalue weighted by atomic mass is 32.1. The predicted octanol–water partition coefficient (Wildman–Crippen LogP) is 24.4. The minimum Gasteiger partial charge on any atom is -0.243 e. The highest BCUT2D eigenvalue weighted by Gasteiger charge is 2.19. The Kier molecular flexibility index (Phi) is 16.4. The van der Waals surface area contributed by atoms with Gasteiger partial charge in [0.2, 0.25) is 0 Å². The maximum atomic E-state index is 5.17. The molecule has 0 spiro atoms. The Labute approximate surface area is 618 Å². The van der Waals surface area contributed by atoms with Crippen LogP contribution in [0.1, 0.15) is 0 Å². The highest BCUT2D eigenvalue weighted by Crippen LogP contribution is 2.41. The molecule has 0 saturated heterocycles. The molecule has 0 bridgehead atoms. The molecule has 20 aromatic rings. The SMILES string of the molecule is c1ccc(-c2ccc(-c3nc(-c4ccccc4)nc(-c4cccc(-c5cccc(-c6ccc7sc8c9ccccc9nnc8c7c6)c5)c4)n3)cc2)cc1.c1ccc(-c2ccc(-c3nc(-c4ccccc4)nc(-c4cccc(-c5cccc(-c6cccc7nc8c(nc67)sc6ccccc68)c5)c4)n3)cc2)cc1. The maximum absolute atomic E-state index is 5.17. The molecule has 0 aliphatic rings. The molecule has 496 valence electrons. The Morgan fingerprint density at radius 2 is 0.528 bits per heavy atom. The van der Waals surface area contributed by atoms with Gasteiger partial charge in [0.1, 0.15) is 15.9 Å². The summed E-state index contributed by atoms with van der Waals surface area (Å²) in [5.41, 5.74) is 23.6. The summed E-state index contributed by atoms with van der Waals surface area (Å²) in [4.78, 5) is 41.2. The van der Waals surface area contributed by atoms with Gasteiger partial charge in [-0.25, -0.2) is 39.9 Å². The van der Waals surface area contributed by atoms with E-state index in [2.05, 4.69) is 277 Å². The molecular weight excluding hydrogens is 1330 g/mol. The molecule has 12 heteroatoms. The van der Waals surface area contributed by atoms with E-state index in [1.165, 1.54) is 25.2 Å². The average molecular weight is 1390 g/mol. The maximum Gasteiger partial charge on any atom is 0.164 e. The summed E-state index contributed by atoms with van der Waals surface area (Å²) in [6.07, 6.45) is 0. The lowest BCUT2D eigenvalue weighted by Gasteiger charge is -2.11. The Balaban J connectivity index is 0.000000145. The fraction of sp³-hybridized carbons (Fsp3) is 0. The van der Waals surface area contributed by atoms with Crippen molar-refractivity contribution in [1.82, 2.24) is 50.1 Å². The Hall–Kier alpha value is -13.8. The zero-order valence-electron chi connectivity index (χ0n) is 56.8. The number of hydrogen-bond acceptors (Lipinski definition) is 12. The topological polar surface area (TPSA) is 129 Å². The van der Waals surface area contributed by atoms with Crippen molar-refractivity contribution < 1.29 is 0 Å². The molecule has 0 amide bonds. The van der Waals surface area contributed by atoms with Crippen LogP contribution in [0.4, 0.5) is 0 Å². The van der Waals surface area contributed by atoms with Crippen LogP contribution in [0.25, 0.3) is 198 Å². The first-order chi connectivity index (χ1) is 52.5. The van der Waals surface area contributed by atoms with Crippen LogP contribution in [0.5, 0.6) is 0 Å². The quantitative estimate of drug-likeness (QED) is 0.117. The van der Waals surface area contributed by atoms with Crippen LogP contribution in [-0.2, 0) is 0 Å². The summed E-state index contributed by atoms with van der Waals surface area (Å²) in [6, 6.07) is 121. The standard InChI is InChI=1S/2C47H29N5S/c1-3-12-30(13-4-1)31-24-26-33(27-25-31)45-50-44(32-14-5-2-6-15-32)51-46(52-45)37-19-10-17-35(29-37)34-16-9-18-36(28-34)38-21-11-22-40-42(38)49-47-43(48-40)39-20-7-8-23-41(39)53-47;1-3-11-30(12-4-1)31-21-23-33(24-22-31)46-48-45(32-13-5-2-6-14-32)49-47(50-46)38-18-10-17-36(28-38)34-15-9-16-35(27-34)37-25-26-42-40(29-37)43-44(53-42)39-19-7-8-20-41(39)51-52-43/h2*1-29H. The van der Waals surface area contributed by atoms with Crippen LogP contribution in [0.2, 0.25) is 0 Å². The number of hydrogen-bond donors (Lipinski definition) is 0. The zero-order chi connectivity index (χ0) is 70.3. The van der Waals surface area contributed by atoms with E-state index in [-0.39, 0.29) is 0 Å². The lowest BCUT2D eigenvalue weighted by Crippen LogP contribution is -2.00. The van der Waals surface area contributed by atoms with Crippen molar-refractivity contribution in [2.75, 3.05) is 0 Å². The van der Waals surface area contributed by atoms with Gasteiger partial charge >= 0.3 is 0 Å². The number of rotatable bonds is 12. The van der Waals surface area contributed by atoms with Crippen LogP contribution >= 0.6 is 22.7 Å². The van der Waals surface area contributed by atoms with E-state index in [0.717, 1.165) is 138 Å². The first kappa shape index (κ1) is 63.2. The van der Waals surface area contributed by atoms with Gasteiger partial charge in [-0.05, 0) is 116 Å². The summed E-state index contributed by atoms with van der Waals surface area (Å²) < 4.78 is 3.58. The van der Waals surface area contributed by atoms with Crippen LogP contribution < -0.4 is 0 Å². The van der Waals surface area contributed by atoms with E-state index >= 15 is 0 Å². The number of nitrogens with zero attached hydrogens (tertiary/aromatic N) is 10. The molecule has 106 heavy (non-hydrogen) atoms. The van der Waals surface area contributed by atoms with Gasteiger partial charge in [-0.3, -0.25) is 0 Å². The fourth-order valence-corrected chi connectivity index (χ4v) is 16.0. The molecule has 0 unspecified atom stereocenters. The highest BCUT2D eigenvalue weighted by molar-refractivity contribution is 7.26. The van der Waals surface area contributed by atoms with Crippen LogP contribution in [0, 0.1) is 0 Å². The van der Waals surface area contributed by atoms with Gasteiger partial charge in [0, 0.05) is 64.5 Å². The summed E-state index contributed by atoms with van der Waals surface area (Å²) in [6.45, 7) is 0. The van der Waals surface area contributed by atoms with Crippen molar-refractivity contribution in [1.29, 1.82) is 0 Å². The average Bonchev–Trinajstić information content (AvgIpc) is 1.58. The number of fused-ring (bicyclic) bond motifs is 9. The predicted molar refractivity (Wildman–Crippen MR) is 437 cm³/mol. The molecule has 0 fully saturated rings.